The molecule has 0 N–H and O–H groups in total. The third-order valence-electron chi connectivity index (χ3n) is 8.35. The third kappa shape index (κ3) is 2.43. The first-order chi connectivity index (χ1) is 11.8. The summed E-state index contributed by atoms with van der Waals surface area (Å²) in [6.45, 7) is 5.83. The maximum atomic E-state index is 13.2. The van der Waals surface area contributed by atoms with E-state index >= 15 is 0 Å². The molecule has 0 aromatic rings. The van der Waals surface area contributed by atoms with Crippen molar-refractivity contribution in [3.05, 3.63) is 0 Å². The van der Waals surface area contributed by atoms with Crippen molar-refractivity contribution >= 4 is 17.5 Å². The summed E-state index contributed by atoms with van der Waals surface area (Å²) in [6.07, 6.45) is 6.97. The number of carbonyl (C=O) groups is 3. The minimum atomic E-state index is -0.392. The van der Waals surface area contributed by atoms with E-state index in [4.69, 9.17) is 4.74 Å². The molecule has 4 aliphatic rings. The minimum Gasteiger partial charge on any atom is -0.463 e. The molecule has 4 nitrogen and oxygen atoms in total. The number of hydrogen-bond donors (Lipinski definition) is 0. The molecule has 0 bridgehead atoms. The summed E-state index contributed by atoms with van der Waals surface area (Å²) in [5.74, 6) is 1.78. The van der Waals surface area contributed by atoms with Gasteiger partial charge in [0.2, 0.25) is 0 Å². The Bertz CT molecular complexity index is 625. The molecule has 4 rings (SSSR count). The Morgan fingerprint density at radius 2 is 1.88 bits per heavy atom. The molecule has 0 aromatic carbocycles. The molecule has 0 unspecified atom stereocenters. The molecule has 0 spiro atoms. The molecule has 4 aliphatic carbocycles. The molecule has 4 heteroatoms. The van der Waals surface area contributed by atoms with E-state index in [2.05, 4.69) is 6.92 Å². The largest absolute Gasteiger partial charge is 0.463 e. The molecule has 0 heterocycles. The van der Waals surface area contributed by atoms with Crippen LogP contribution in [0.15, 0.2) is 0 Å². The Morgan fingerprint density at radius 1 is 1.12 bits per heavy atom. The lowest BCUT2D eigenvalue weighted by Gasteiger charge is -2.59. The molecule has 7 atom stereocenters. The zero-order valence-electron chi connectivity index (χ0n) is 15.7. The van der Waals surface area contributed by atoms with Gasteiger partial charge in [0, 0.05) is 31.1 Å². The Balaban J connectivity index is 1.60. The standard InChI is InChI=1S/C21H30O4/c1-12(22)25-14-8-9-20(2)13(10-14)4-5-15-16-6-7-18(24)21(16,3)11-17(23)19(15)20/h13-16,19H,4-11H2,1-3H3/t13-,14-,15+,16+,19-,20-,21-/m0/s1. The van der Waals surface area contributed by atoms with Gasteiger partial charge >= 0.3 is 5.97 Å². The number of ketones is 2. The van der Waals surface area contributed by atoms with Crippen LogP contribution in [0.2, 0.25) is 0 Å². The average molecular weight is 346 g/mol. The molecule has 25 heavy (non-hydrogen) atoms. The molecule has 0 radical (unpaired) electrons. The molecular formula is C21H30O4. The number of Topliss-reactive ketones (excluding diaryl/α,β-unsaturated/α-hetero) is 2. The van der Waals surface area contributed by atoms with E-state index in [1.54, 1.807) is 0 Å². The van der Waals surface area contributed by atoms with Crippen molar-refractivity contribution in [3.63, 3.8) is 0 Å². The summed E-state index contributed by atoms with van der Waals surface area (Å²) < 4.78 is 5.48. The maximum Gasteiger partial charge on any atom is 0.302 e. The number of fused-ring (bicyclic) bond motifs is 5. The van der Waals surface area contributed by atoms with E-state index in [1.165, 1.54) is 6.92 Å². The van der Waals surface area contributed by atoms with Crippen molar-refractivity contribution in [2.45, 2.75) is 78.2 Å². The number of carbonyl (C=O) groups excluding carboxylic acids is 3. The van der Waals surface area contributed by atoms with Gasteiger partial charge in [-0.15, -0.1) is 0 Å². The van der Waals surface area contributed by atoms with Crippen LogP contribution in [0.4, 0.5) is 0 Å². The summed E-state index contributed by atoms with van der Waals surface area (Å²) in [7, 11) is 0. The fraction of sp³-hybridized carbons (Fsp3) is 0.857. The maximum absolute atomic E-state index is 13.2. The quantitative estimate of drug-likeness (QED) is 0.679. The van der Waals surface area contributed by atoms with Gasteiger partial charge < -0.3 is 4.74 Å². The van der Waals surface area contributed by atoms with E-state index in [-0.39, 0.29) is 23.4 Å². The molecule has 138 valence electrons. The zero-order valence-corrected chi connectivity index (χ0v) is 15.7. The predicted octanol–water partition coefficient (Wildman–Crippen LogP) is 3.71. The highest BCUT2D eigenvalue weighted by atomic mass is 16.5. The molecule has 0 aliphatic heterocycles. The average Bonchev–Trinajstić information content (AvgIpc) is 2.82. The lowest BCUT2D eigenvalue weighted by Crippen LogP contribution is -2.57. The van der Waals surface area contributed by atoms with Crippen molar-refractivity contribution in [2.75, 3.05) is 0 Å². The number of rotatable bonds is 1. The highest BCUT2D eigenvalue weighted by Crippen LogP contribution is 2.64. The van der Waals surface area contributed by atoms with Gasteiger partial charge in [-0.2, -0.15) is 0 Å². The Kier molecular flexibility index (Phi) is 3.90. The fourth-order valence-electron chi connectivity index (χ4n) is 7.15. The van der Waals surface area contributed by atoms with Gasteiger partial charge in [-0.25, -0.2) is 0 Å². The van der Waals surface area contributed by atoms with E-state index in [0.29, 0.717) is 42.2 Å². The molecule has 4 fully saturated rings. The monoisotopic (exact) mass is 346 g/mol. The van der Waals surface area contributed by atoms with Crippen LogP contribution in [-0.4, -0.2) is 23.6 Å². The van der Waals surface area contributed by atoms with Gasteiger partial charge in [-0.3, -0.25) is 14.4 Å². The SMILES string of the molecule is CC(=O)O[C@H]1CC[C@@]2(C)[C@@H](CC[C@H]3[C@H]2C(=O)C[C@]2(C)C(=O)CC[C@H]32)C1. The number of hydrogen-bond acceptors (Lipinski definition) is 4. The normalized spacial score (nSPS) is 49.2. The van der Waals surface area contributed by atoms with Crippen molar-refractivity contribution in [1.82, 2.24) is 0 Å². The number of ether oxygens (including phenoxy) is 1. The number of esters is 1. The molecule has 0 amide bonds. The summed E-state index contributed by atoms with van der Waals surface area (Å²) in [5.41, 5.74) is -0.375. The van der Waals surface area contributed by atoms with E-state index < -0.39 is 5.41 Å². The van der Waals surface area contributed by atoms with Crippen LogP contribution >= 0.6 is 0 Å². The van der Waals surface area contributed by atoms with Crippen LogP contribution in [0.3, 0.4) is 0 Å². The van der Waals surface area contributed by atoms with Gasteiger partial charge in [0.1, 0.15) is 17.7 Å². The van der Waals surface area contributed by atoms with Crippen LogP contribution in [0.1, 0.15) is 72.1 Å². The van der Waals surface area contributed by atoms with Crippen molar-refractivity contribution in [1.29, 1.82) is 0 Å². The van der Waals surface area contributed by atoms with E-state index in [1.807, 2.05) is 6.92 Å². The minimum absolute atomic E-state index is 0.0175. The summed E-state index contributed by atoms with van der Waals surface area (Å²) >= 11 is 0. The Labute approximate surface area is 150 Å². The molecule has 4 saturated carbocycles. The van der Waals surface area contributed by atoms with Crippen LogP contribution in [-0.2, 0) is 19.1 Å². The second-order valence-corrected chi connectivity index (χ2v) is 9.56. The summed E-state index contributed by atoms with van der Waals surface area (Å²) in [4.78, 5) is 37.0. The molecule has 0 saturated heterocycles. The second kappa shape index (κ2) is 5.65. The van der Waals surface area contributed by atoms with E-state index in [0.717, 1.165) is 38.5 Å². The lowest BCUT2D eigenvalue weighted by molar-refractivity contribution is -0.168. The first-order valence-electron chi connectivity index (χ1n) is 9.99. The van der Waals surface area contributed by atoms with Crippen LogP contribution < -0.4 is 0 Å². The lowest BCUT2D eigenvalue weighted by atomic mass is 9.45. The van der Waals surface area contributed by atoms with E-state index in [9.17, 15) is 14.4 Å². The topological polar surface area (TPSA) is 60.4 Å². The van der Waals surface area contributed by atoms with Crippen LogP contribution in [0.25, 0.3) is 0 Å². The molecule has 0 aromatic heterocycles. The van der Waals surface area contributed by atoms with Crippen molar-refractivity contribution < 1.29 is 19.1 Å². The predicted molar refractivity (Wildman–Crippen MR) is 92.7 cm³/mol. The van der Waals surface area contributed by atoms with Crippen LogP contribution in [0, 0.1) is 34.5 Å². The highest BCUT2D eigenvalue weighted by molar-refractivity contribution is 5.95. The summed E-state index contributed by atoms with van der Waals surface area (Å²) in [6, 6.07) is 0. The van der Waals surface area contributed by atoms with Gasteiger partial charge in [0.25, 0.3) is 0 Å². The van der Waals surface area contributed by atoms with Crippen LogP contribution in [0.5, 0.6) is 0 Å². The van der Waals surface area contributed by atoms with Crippen molar-refractivity contribution in [3.8, 4) is 0 Å². The van der Waals surface area contributed by atoms with Gasteiger partial charge in [-0.1, -0.05) is 13.8 Å². The van der Waals surface area contributed by atoms with Gasteiger partial charge in [0.05, 0.1) is 0 Å². The Morgan fingerprint density at radius 3 is 2.60 bits per heavy atom. The third-order valence-corrected chi connectivity index (χ3v) is 8.35. The van der Waals surface area contributed by atoms with Gasteiger partial charge in [0.15, 0.2) is 0 Å². The highest BCUT2D eigenvalue weighted by Gasteiger charge is 2.63. The first-order valence-corrected chi connectivity index (χ1v) is 9.99. The van der Waals surface area contributed by atoms with Gasteiger partial charge in [-0.05, 0) is 61.7 Å². The first kappa shape index (κ1) is 17.2. The van der Waals surface area contributed by atoms with Crippen molar-refractivity contribution in [2.24, 2.45) is 34.5 Å². The summed E-state index contributed by atoms with van der Waals surface area (Å²) in [5, 5.41) is 0. The smallest absolute Gasteiger partial charge is 0.302 e. The second-order valence-electron chi connectivity index (χ2n) is 9.56. The zero-order chi connectivity index (χ0) is 18.0. The fourth-order valence-corrected chi connectivity index (χ4v) is 7.15. The molecular weight excluding hydrogens is 316 g/mol. The Hall–Kier alpha value is -1.19.